The number of hydrogen-bond acceptors (Lipinski definition) is 2. The van der Waals surface area contributed by atoms with Crippen LogP contribution < -0.4 is 5.73 Å². The van der Waals surface area contributed by atoms with Crippen LogP contribution in [0.1, 0.15) is 32.4 Å². The number of aromatic nitrogens is 2. The average Bonchev–Trinajstić information content (AvgIpc) is 2.63. The summed E-state index contributed by atoms with van der Waals surface area (Å²) in [6, 6.07) is 2.02. The van der Waals surface area contributed by atoms with Crippen molar-refractivity contribution in [1.82, 2.24) is 9.78 Å². The van der Waals surface area contributed by atoms with Crippen molar-refractivity contribution in [1.29, 1.82) is 0 Å². The van der Waals surface area contributed by atoms with Crippen LogP contribution in [0.4, 0.5) is 0 Å². The van der Waals surface area contributed by atoms with Crippen LogP contribution >= 0.6 is 0 Å². The standard InChI is InChI=1S/C10H17N3/c1-10(2,11)9-5-6-12-13(9)7-8-3-4-8/h5-6,8H,3-4,7,11H2,1-2H3. The number of nitrogens with two attached hydrogens (primary N) is 1. The lowest BCUT2D eigenvalue weighted by molar-refractivity contribution is 0.451. The van der Waals surface area contributed by atoms with E-state index in [1.807, 2.05) is 26.1 Å². The van der Waals surface area contributed by atoms with Gasteiger partial charge in [0.25, 0.3) is 0 Å². The summed E-state index contributed by atoms with van der Waals surface area (Å²) < 4.78 is 2.05. The monoisotopic (exact) mass is 179 g/mol. The average molecular weight is 179 g/mol. The maximum Gasteiger partial charge on any atom is 0.0577 e. The van der Waals surface area contributed by atoms with Gasteiger partial charge < -0.3 is 5.73 Å². The summed E-state index contributed by atoms with van der Waals surface area (Å²) >= 11 is 0. The van der Waals surface area contributed by atoms with E-state index in [0.717, 1.165) is 18.2 Å². The minimum absolute atomic E-state index is 0.272. The second kappa shape index (κ2) is 2.84. The van der Waals surface area contributed by atoms with Crippen LogP contribution in [-0.2, 0) is 12.1 Å². The highest BCUT2D eigenvalue weighted by Gasteiger charge is 2.25. The Morgan fingerprint density at radius 3 is 2.85 bits per heavy atom. The van der Waals surface area contributed by atoms with Gasteiger partial charge in [0.05, 0.1) is 11.2 Å². The second-order valence-corrected chi connectivity index (χ2v) is 4.56. The van der Waals surface area contributed by atoms with E-state index in [4.69, 9.17) is 5.73 Å². The predicted molar refractivity (Wildman–Crippen MR) is 52.2 cm³/mol. The van der Waals surface area contributed by atoms with Gasteiger partial charge in [-0.05, 0) is 38.7 Å². The Morgan fingerprint density at radius 1 is 1.62 bits per heavy atom. The first-order chi connectivity index (χ1) is 6.07. The van der Waals surface area contributed by atoms with Crippen molar-refractivity contribution < 1.29 is 0 Å². The first-order valence-electron chi connectivity index (χ1n) is 4.88. The van der Waals surface area contributed by atoms with Gasteiger partial charge in [-0.2, -0.15) is 5.10 Å². The normalized spacial score (nSPS) is 17.8. The summed E-state index contributed by atoms with van der Waals surface area (Å²) in [5, 5.41) is 4.30. The quantitative estimate of drug-likeness (QED) is 0.764. The molecule has 0 amide bonds. The molecular weight excluding hydrogens is 162 g/mol. The molecule has 1 saturated carbocycles. The zero-order chi connectivity index (χ0) is 9.47. The van der Waals surface area contributed by atoms with Crippen LogP contribution in [0.15, 0.2) is 12.3 Å². The zero-order valence-corrected chi connectivity index (χ0v) is 8.33. The molecule has 2 rings (SSSR count). The molecule has 3 nitrogen and oxygen atoms in total. The van der Waals surface area contributed by atoms with Crippen molar-refractivity contribution in [3.8, 4) is 0 Å². The molecule has 72 valence electrons. The Balaban J connectivity index is 2.19. The Hall–Kier alpha value is -0.830. The van der Waals surface area contributed by atoms with Gasteiger partial charge in [0.15, 0.2) is 0 Å². The van der Waals surface area contributed by atoms with Crippen molar-refractivity contribution in [3.63, 3.8) is 0 Å². The second-order valence-electron chi connectivity index (χ2n) is 4.56. The molecule has 0 aliphatic heterocycles. The molecule has 13 heavy (non-hydrogen) atoms. The fourth-order valence-electron chi connectivity index (χ4n) is 1.57. The highest BCUT2D eigenvalue weighted by molar-refractivity contribution is 5.11. The molecule has 1 aromatic heterocycles. The third-order valence-electron chi connectivity index (χ3n) is 2.50. The van der Waals surface area contributed by atoms with Crippen LogP contribution in [0.25, 0.3) is 0 Å². The zero-order valence-electron chi connectivity index (χ0n) is 8.33. The molecule has 0 saturated heterocycles. The number of hydrogen-bond donors (Lipinski definition) is 1. The van der Waals surface area contributed by atoms with Crippen molar-refractivity contribution in [2.45, 2.75) is 38.8 Å². The van der Waals surface area contributed by atoms with Crippen molar-refractivity contribution in [2.24, 2.45) is 11.7 Å². The van der Waals surface area contributed by atoms with Gasteiger partial charge in [-0.3, -0.25) is 4.68 Å². The van der Waals surface area contributed by atoms with E-state index in [-0.39, 0.29) is 5.54 Å². The molecule has 1 heterocycles. The molecule has 1 fully saturated rings. The number of nitrogens with zero attached hydrogens (tertiary/aromatic N) is 2. The van der Waals surface area contributed by atoms with Crippen molar-refractivity contribution >= 4 is 0 Å². The summed E-state index contributed by atoms with van der Waals surface area (Å²) in [5.41, 5.74) is 6.90. The van der Waals surface area contributed by atoms with Crippen LogP contribution in [0.3, 0.4) is 0 Å². The minimum atomic E-state index is -0.272. The van der Waals surface area contributed by atoms with Gasteiger partial charge in [-0.1, -0.05) is 0 Å². The van der Waals surface area contributed by atoms with E-state index < -0.39 is 0 Å². The molecule has 0 aromatic carbocycles. The molecule has 0 unspecified atom stereocenters. The Labute approximate surface area is 78.9 Å². The third-order valence-corrected chi connectivity index (χ3v) is 2.50. The van der Waals surface area contributed by atoms with Crippen molar-refractivity contribution in [2.75, 3.05) is 0 Å². The van der Waals surface area contributed by atoms with Gasteiger partial charge in [0.1, 0.15) is 0 Å². The maximum atomic E-state index is 6.04. The SMILES string of the molecule is CC(C)(N)c1ccnn1CC1CC1. The van der Waals surface area contributed by atoms with Gasteiger partial charge in [-0.15, -0.1) is 0 Å². The molecule has 0 bridgehead atoms. The lowest BCUT2D eigenvalue weighted by Gasteiger charge is -2.20. The van der Waals surface area contributed by atoms with Gasteiger partial charge >= 0.3 is 0 Å². The molecule has 1 aliphatic rings. The van der Waals surface area contributed by atoms with Crippen LogP contribution in [0.5, 0.6) is 0 Å². The molecule has 1 aromatic rings. The molecule has 3 heteroatoms. The van der Waals surface area contributed by atoms with E-state index in [9.17, 15) is 0 Å². The van der Waals surface area contributed by atoms with E-state index in [2.05, 4.69) is 9.78 Å². The first kappa shape index (κ1) is 8.75. The highest BCUT2D eigenvalue weighted by Crippen LogP contribution is 2.31. The fourth-order valence-corrected chi connectivity index (χ4v) is 1.57. The van der Waals surface area contributed by atoms with Gasteiger partial charge in [0.2, 0.25) is 0 Å². The summed E-state index contributed by atoms with van der Waals surface area (Å²) in [7, 11) is 0. The molecule has 1 aliphatic carbocycles. The van der Waals surface area contributed by atoms with Crippen LogP contribution in [-0.4, -0.2) is 9.78 Å². The Bertz CT molecular complexity index is 291. The molecule has 0 spiro atoms. The Morgan fingerprint density at radius 2 is 2.31 bits per heavy atom. The summed E-state index contributed by atoms with van der Waals surface area (Å²) in [6.45, 7) is 5.09. The molecule has 0 atom stereocenters. The van der Waals surface area contributed by atoms with Crippen LogP contribution in [0, 0.1) is 5.92 Å². The van der Waals surface area contributed by atoms with Gasteiger partial charge in [0, 0.05) is 12.7 Å². The third kappa shape index (κ3) is 1.91. The lowest BCUT2D eigenvalue weighted by atomic mass is 10.0. The molecule has 0 radical (unpaired) electrons. The highest BCUT2D eigenvalue weighted by atomic mass is 15.3. The summed E-state index contributed by atoms with van der Waals surface area (Å²) in [6.07, 6.45) is 4.54. The largest absolute Gasteiger partial charge is 0.321 e. The van der Waals surface area contributed by atoms with E-state index in [1.165, 1.54) is 12.8 Å². The van der Waals surface area contributed by atoms with Crippen LogP contribution in [0.2, 0.25) is 0 Å². The van der Waals surface area contributed by atoms with E-state index in [1.54, 1.807) is 0 Å². The lowest BCUT2D eigenvalue weighted by Crippen LogP contribution is -2.32. The Kier molecular flexibility index (Phi) is 1.91. The topological polar surface area (TPSA) is 43.8 Å². The summed E-state index contributed by atoms with van der Waals surface area (Å²) in [4.78, 5) is 0. The smallest absolute Gasteiger partial charge is 0.0577 e. The predicted octanol–water partition coefficient (Wildman–Crippen LogP) is 1.49. The summed E-state index contributed by atoms with van der Waals surface area (Å²) in [5.74, 6) is 0.848. The first-order valence-corrected chi connectivity index (χ1v) is 4.88. The molecular formula is C10H17N3. The van der Waals surface area contributed by atoms with E-state index >= 15 is 0 Å². The molecule has 2 N–H and O–H groups in total. The van der Waals surface area contributed by atoms with Gasteiger partial charge in [-0.25, -0.2) is 0 Å². The minimum Gasteiger partial charge on any atom is -0.321 e. The maximum absolute atomic E-state index is 6.04. The fraction of sp³-hybridized carbons (Fsp3) is 0.700. The van der Waals surface area contributed by atoms with Crippen molar-refractivity contribution in [3.05, 3.63) is 18.0 Å². The number of rotatable bonds is 3. The van der Waals surface area contributed by atoms with E-state index in [0.29, 0.717) is 0 Å².